The molecule has 0 aromatic carbocycles. The molecule has 2 aromatic heterocycles. The van der Waals surface area contributed by atoms with Crippen LogP contribution in [0.4, 0.5) is 11.6 Å². The minimum absolute atomic E-state index is 0.0449. The van der Waals surface area contributed by atoms with Crippen LogP contribution >= 0.6 is 0 Å². The maximum atomic E-state index is 11.7. The van der Waals surface area contributed by atoms with Crippen LogP contribution in [0.2, 0.25) is 0 Å². The van der Waals surface area contributed by atoms with Crippen molar-refractivity contribution in [2.75, 3.05) is 11.9 Å². The maximum absolute atomic E-state index is 11.7. The van der Waals surface area contributed by atoms with E-state index in [2.05, 4.69) is 20.3 Å². The highest BCUT2D eigenvalue weighted by Gasteiger charge is 2.29. The van der Waals surface area contributed by atoms with Gasteiger partial charge in [0.1, 0.15) is 17.5 Å². The predicted molar refractivity (Wildman–Crippen MR) is 83.7 cm³/mol. The van der Waals surface area contributed by atoms with E-state index in [0.29, 0.717) is 11.6 Å². The minimum Gasteiger partial charge on any atom is -0.334 e. The highest BCUT2D eigenvalue weighted by atomic mass is 16.2. The molecule has 22 heavy (non-hydrogen) atoms. The van der Waals surface area contributed by atoms with Crippen LogP contribution in [0.5, 0.6) is 0 Å². The van der Waals surface area contributed by atoms with E-state index in [-0.39, 0.29) is 11.9 Å². The van der Waals surface area contributed by atoms with Crippen molar-refractivity contribution < 1.29 is 4.79 Å². The summed E-state index contributed by atoms with van der Waals surface area (Å²) in [6, 6.07) is 7.62. The molecule has 1 fully saturated rings. The fourth-order valence-electron chi connectivity index (χ4n) is 2.84. The van der Waals surface area contributed by atoms with Crippen LogP contribution in [0.3, 0.4) is 0 Å². The number of carbonyl (C=O) groups excluding carboxylic acids is 1. The summed E-state index contributed by atoms with van der Waals surface area (Å²) < 4.78 is 0. The molecule has 1 saturated heterocycles. The maximum Gasteiger partial charge on any atom is 0.220 e. The summed E-state index contributed by atoms with van der Waals surface area (Å²) in [5.74, 6) is 2.22. The lowest BCUT2D eigenvalue weighted by Crippen LogP contribution is -2.28. The van der Waals surface area contributed by atoms with E-state index in [1.54, 1.807) is 13.1 Å². The molecule has 0 bridgehead atoms. The number of rotatable bonds is 3. The molecule has 1 unspecified atom stereocenters. The van der Waals surface area contributed by atoms with Crippen LogP contribution in [0.15, 0.2) is 30.5 Å². The molecule has 0 aliphatic carbocycles. The SMILES string of the molecule is CC(=O)N1CCCC1c1cc(Nc2ccccn2)nc(C)n1. The van der Waals surface area contributed by atoms with Crippen molar-refractivity contribution in [3.8, 4) is 0 Å². The molecule has 6 heteroatoms. The number of hydrogen-bond acceptors (Lipinski definition) is 5. The van der Waals surface area contributed by atoms with Crippen molar-refractivity contribution in [2.45, 2.75) is 32.7 Å². The molecule has 6 nitrogen and oxygen atoms in total. The second-order valence-electron chi connectivity index (χ2n) is 5.44. The van der Waals surface area contributed by atoms with Gasteiger partial charge in [0.25, 0.3) is 0 Å². The number of likely N-dealkylation sites (tertiary alicyclic amines) is 1. The van der Waals surface area contributed by atoms with Crippen molar-refractivity contribution in [1.29, 1.82) is 0 Å². The second-order valence-corrected chi connectivity index (χ2v) is 5.44. The quantitative estimate of drug-likeness (QED) is 0.943. The molecule has 0 spiro atoms. The molecule has 1 N–H and O–H groups in total. The van der Waals surface area contributed by atoms with Crippen molar-refractivity contribution in [3.63, 3.8) is 0 Å². The van der Waals surface area contributed by atoms with Crippen LogP contribution in [0, 0.1) is 6.92 Å². The van der Waals surface area contributed by atoms with Crippen molar-refractivity contribution in [1.82, 2.24) is 19.9 Å². The summed E-state index contributed by atoms with van der Waals surface area (Å²) in [4.78, 5) is 26.8. The number of hydrogen-bond donors (Lipinski definition) is 1. The van der Waals surface area contributed by atoms with Gasteiger partial charge in [-0.05, 0) is 31.9 Å². The van der Waals surface area contributed by atoms with Gasteiger partial charge in [-0.15, -0.1) is 0 Å². The summed E-state index contributed by atoms with van der Waals surface area (Å²) in [5, 5.41) is 3.19. The smallest absolute Gasteiger partial charge is 0.220 e. The Morgan fingerprint density at radius 2 is 2.18 bits per heavy atom. The first-order valence-corrected chi connectivity index (χ1v) is 7.44. The van der Waals surface area contributed by atoms with E-state index in [9.17, 15) is 4.79 Å². The summed E-state index contributed by atoms with van der Waals surface area (Å²) in [5.41, 5.74) is 0.888. The van der Waals surface area contributed by atoms with E-state index < -0.39 is 0 Å². The summed E-state index contributed by atoms with van der Waals surface area (Å²) in [7, 11) is 0. The molecule has 1 amide bonds. The van der Waals surface area contributed by atoms with E-state index in [1.807, 2.05) is 36.1 Å². The number of nitrogens with zero attached hydrogens (tertiary/aromatic N) is 4. The van der Waals surface area contributed by atoms with Gasteiger partial charge >= 0.3 is 0 Å². The Morgan fingerprint density at radius 3 is 2.91 bits per heavy atom. The third-order valence-electron chi connectivity index (χ3n) is 3.78. The van der Waals surface area contributed by atoms with Gasteiger partial charge in [0.15, 0.2) is 0 Å². The average Bonchev–Trinajstić information content (AvgIpc) is 2.97. The lowest BCUT2D eigenvalue weighted by molar-refractivity contribution is -0.129. The van der Waals surface area contributed by atoms with Crippen LogP contribution in [-0.4, -0.2) is 32.3 Å². The first-order valence-electron chi connectivity index (χ1n) is 7.44. The van der Waals surface area contributed by atoms with Gasteiger partial charge in [-0.25, -0.2) is 15.0 Å². The molecule has 1 atom stereocenters. The minimum atomic E-state index is 0.0449. The van der Waals surface area contributed by atoms with Crippen LogP contribution in [0.1, 0.15) is 37.3 Å². The van der Waals surface area contributed by atoms with Gasteiger partial charge in [-0.1, -0.05) is 6.07 Å². The van der Waals surface area contributed by atoms with Gasteiger partial charge in [0.05, 0.1) is 11.7 Å². The second kappa shape index (κ2) is 6.09. The number of amides is 1. The molecular formula is C16H19N5O. The Hall–Kier alpha value is -2.50. The molecular weight excluding hydrogens is 278 g/mol. The normalized spacial score (nSPS) is 17.5. The van der Waals surface area contributed by atoms with Crippen molar-refractivity contribution >= 4 is 17.5 Å². The number of pyridine rings is 1. The lowest BCUT2D eigenvalue weighted by Gasteiger charge is -2.23. The van der Waals surface area contributed by atoms with Gasteiger partial charge in [-0.2, -0.15) is 0 Å². The van der Waals surface area contributed by atoms with Gasteiger partial charge in [-0.3, -0.25) is 4.79 Å². The molecule has 3 heterocycles. The Balaban J connectivity index is 1.88. The van der Waals surface area contributed by atoms with E-state index >= 15 is 0 Å². The summed E-state index contributed by atoms with van der Waals surface area (Å²) in [6.45, 7) is 4.27. The molecule has 3 rings (SSSR count). The van der Waals surface area contributed by atoms with Crippen LogP contribution < -0.4 is 5.32 Å². The predicted octanol–water partition coefficient (Wildman–Crippen LogP) is 2.61. The first-order chi connectivity index (χ1) is 10.6. The standard InChI is InChI=1S/C16H19N5O/c1-11-18-13(14-6-5-9-21(14)12(2)22)10-16(19-11)20-15-7-3-4-8-17-15/h3-4,7-8,10,14H,5-6,9H2,1-2H3,(H,17,18,19,20). The zero-order valence-corrected chi connectivity index (χ0v) is 12.8. The van der Waals surface area contributed by atoms with E-state index in [1.165, 1.54) is 0 Å². The zero-order valence-electron chi connectivity index (χ0n) is 12.8. The highest BCUT2D eigenvalue weighted by Crippen LogP contribution is 2.31. The van der Waals surface area contributed by atoms with Crippen LogP contribution in [0.25, 0.3) is 0 Å². The van der Waals surface area contributed by atoms with Crippen LogP contribution in [-0.2, 0) is 4.79 Å². The van der Waals surface area contributed by atoms with Gasteiger partial charge in [0, 0.05) is 25.7 Å². The molecule has 1 aliphatic rings. The topological polar surface area (TPSA) is 71.0 Å². The number of nitrogens with one attached hydrogen (secondary N) is 1. The van der Waals surface area contributed by atoms with Gasteiger partial charge < -0.3 is 10.2 Å². The molecule has 114 valence electrons. The monoisotopic (exact) mass is 297 g/mol. The first kappa shape index (κ1) is 14.4. The Morgan fingerprint density at radius 1 is 1.32 bits per heavy atom. The Kier molecular flexibility index (Phi) is 4.00. The Labute approximate surface area is 129 Å². The summed E-state index contributed by atoms with van der Waals surface area (Å²) >= 11 is 0. The Bertz CT molecular complexity index is 673. The fraction of sp³-hybridized carbons (Fsp3) is 0.375. The summed E-state index contributed by atoms with van der Waals surface area (Å²) in [6.07, 6.45) is 3.68. The zero-order chi connectivity index (χ0) is 15.5. The molecule has 2 aromatic rings. The number of anilines is 2. The number of aryl methyl sites for hydroxylation is 1. The molecule has 1 aliphatic heterocycles. The fourth-order valence-corrected chi connectivity index (χ4v) is 2.84. The number of carbonyl (C=O) groups is 1. The molecule has 0 saturated carbocycles. The lowest BCUT2D eigenvalue weighted by atomic mass is 10.1. The van der Waals surface area contributed by atoms with Crippen molar-refractivity contribution in [3.05, 3.63) is 42.0 Å². The average molecular weight is 297 g/mol. The highest BCUT2D eigenvalue weighted by molar-refractivity contribution is 5.74. The van der Waals surface area contributed by atoms with E-state index in [0.717, 1.165) is 30.9 Å². The third-order valence-corrected chi connectivity index (χ3v) is 3.78. The largest absolute Gasteiger partial charge is 0.334 e. The van der Waals surface area contributed by atoms with Crippen molar-refractivity contribution in [2.24, 2.45) is 0 Å². The van der Waals surface area contributed by atoms with Gasteiger partial charge in [0.2, 0.25) is 5.91 Å². The van der Waals surface area contributed by atoms with E-state index in [4.69, 9.17) is 0 Å². The number of aromatic nitrogens is 3. The molecule has 0 radical (unpaired) electrons. The third kappa shape index (κ3) is 3.05.